The summed E-state index contributed by atoms with van der Waals surface area (Å²) in [4.78, 5) is 0. The van der Waals surface area contributed by atoms with Crippen molar-refractivity contribution in [2.45, 2.75) is 58.4 Å². The Morgan fingerprint density at radius 3 is 2.15 bits per heavy atom. The highest BCUT2D eigenvalue weighted by atomic mass is 19.4. The van der Waals surface area contributed by atoms with E-state index < -0.39 is 36.8 Å². The fourth-order valence-electron chi connectivity index (χ4n) is 2.41. The van der Waals surface area contributed by atoms with Gasteiger partial charge in [-0.25, -0.2) is 4.39 Å². The Bertz CT molecular complexity index is 648. The molecular weight excluding hydrogens is 355 g/mol. The van der Waals surface area contributed by atoms with E-state index in [-0.39, 0.29) is 24.4 Å². The Hall–Kier alpha value is -1.32. The second kappa shape index (κ2) is 7.36. The second-order valence-corrected chi connectivity index (χ2v) is 7.24. The third kappa shape index (κ3) is 4.89. The van der Waals surface area contributed by atoms with E-state index in [4.69, 9.17) is 13.7 Å². The van der Waals surface area contributed by atoms with Crippen LogP contribution in [0.15, 0.2) is 22.3 Å². The highest BCUT2D eigenvalue weighted by molar-refractivity contribution is 6.55. The van der Waals surface area contributed by atoms with E-state index in [1.807, 2.05) is 0 Å². The first-order valence-electron chi connectivity index (χ1n) is 8.28. The summed E-state index contributed by atoms with van der Waals surface area (Å²) >= 11 is 0. The van der Waals surface area contributed by atoms with Gasteiger partial charge in [0.2, 0.25) is 0 Å². The standard InChI is InChI=1S/C17H23BF4O4/c1-11-6-7-13(24-11)12(8-9-23-10-17(20,21)22)14(19)18-25-15(2,3)16(4,5)26-18/h6-7H,8-10H2,1-5H3. The third-order valence-electron chi connectivity index (χ3n) is 4.55. The Labute approximate surface area is 150 Å². The van der Waals surface area contributed by atoms with Crippen LogP contribution < -0.4 is 0 Å². The SMILES string of the molecule is Cc1ccc(C(CCOCC(F)(F)F)=C(F)B2OC(C)(C)C(C)(C)O2)o1. The maximum Gasteiger partial charge on any atom is 0.525 e. The van der Waals surface area contributed by atoms with Gasteiger partial charge in [-0.2, -0.15) is 13.2 Å². The number of hydrogen-bond acceptors (Lipinski definition) is 4. The molecule has 0 aliphatic carbocycles. The quantitative estimate of drug-likeness (QED) is 0.402. The van der Waals surface area contributed by atoms with E-state index in [1.165, 1.54) is 0 Å². The number of alkyl halides is 3. The molecule has 1 aliphatic heterocycles. The van der Waals surface area contributed by atoms with Crippen LogP contribution in [0.1, 0.15) is 45.6 Å². The summed E-state index contributed by atoms with van der Waals surface area (Å²) in [7, 11) is -1.26. The first kappa shape index (κ1) is 21.0. The Morgan fingerprint density at radius 1 is 1.12 bits per heavy atom. The van der Waals surface area contributed by atoms with Gasteiger partial charge in [-0.1, -0.05) is 0 Å². The van der Waals surface area contributed by atoms with Gasteiger partial charge in [0.25, 0.3) is 0 Å². The average Bonchev–Trinajstić information content (AvgIpc) is 2.98. The van der Waals surface area contributed by atoms with Crippen molar-refractivity contribution < 1.29 is 36.0 Å². The zero-order valence-electron chi connectivity index (χ0n) is 15.5. The lowest BCUT2D eigenvalue weighted by Crippen LogP contribution is -2.41. The van der Waals surface area contributed by atoms with Crippen LogP contribution in [0, 0.1) is 6.92 Å². The van der Waals surface area contributed by atoms with Crippen LogP contribution in [-0.4, -0.2) is 37.7 Å². The Kier molecular flexibility index (Phi) is 5.94. The molecule has 0 spiro atoms. The summed E-state index contributed by atoms with van der Waals surface area (Å²) in [5, 5.41) is 0. The number of halogens is 4. The molecule has 1 aliphatic rings. The van der Waals surface area contributed by atoms with Crippen molar-refractivity contribution >= 4 is 12.7 Å². The van der Waals surface area contributed by atoms with Crippen LogP contribution in [0.3, 0.4) is 0 Å². The molecule has 0 unspecified atom stereocenters. The molecule has 26 heavy (non-hydrogen) atoms. The van der Waals surface area contributed by atoms with Crippen LogP contribution in [0.25, 0.3) is 5.57 Å². The van der Waals surface area contributed by atoms with Gasteiger partial charge in [-0.3, -0.25) is 0 Å². The van der Waals surface area contributed by atoms with E-state index in [1.54, 1.807) is 46.8 Å². The number of aryl methyl sites for hydroxylation is 1. The first-order valence-corrected chi connectivity index (χ1v) is 8.28. The molecule has 1 fully saturated rings. The van der Waals surface area contributed by atoms with Crippen molar-refractivity contribution in [3.8, 4) is 0 Å². The van der Waals surface area contributed by atoms with Gasteiger partial charge in [0, 0.05) is 12.0 Å². The van der Waals surface area contributed by atoms with Gasteiger partial charge in [0.05, 0.1) is 17.8 Å². The summed E-state index contributed by atoms with van der Waals surface area (Å²) in [6.07, 6.45) is -4.55. The van der Waals surface area contributed by atoms with Crippen molar-refractivity contribution in [3.63, 3.8) is 0 Å². The van der Waals surface area contributed by atoms with Gasteiger partial charge >= 0.3 is 13.3 Å². The monoisotopic (exact) mass is 378 g/mol. The van der Waals surface area contributed by atoms with Gasteiger partial charge in [-0.05, 0) is 46.8 Å². The molecule has 0 amide bonds. The molecule has 4 nitrogen and oxygen atoms in total. The lowest BCUT2D eigenvalue weighted by atomic mass is 9.83. The molecule has 9 heteroatoms. The number of furan rings is 1. The summed E-state index contributed by atoms with van der Waals surface area (Å²) in [6, 6.07) is 3.20. The molecule has 1 saturated heterocycles. The fraction of sp³-hybridized carbons (Fsp3) is 0.647. The predicted octanol–water partition coefficient (Wildman–Crippen LogP) is 4.87. The van der Waals surface area contributed by atoms with Gasteiger partial charge < -0.3 is 18.5 Å². The van der Waals surface area contributed by atoms with Gasteiger partial charge in [0.1, 0.15) is 23.9 Å². The second-order valence-electron chi connectivity index (χ2n) is 7.24. The van der Waals surface area contributed by atoms with E-state index in [2.05, 4.69) is 4.74 Å². The smallest absolute Gasteiger partial charge is 0.462 e. The number of hydrogen-bond donors (Lipinski definition) is 0. The van der Waals surface area contributed by atoms with Crippen LogP contribution in [0.5, 0.6) is 0 Å². The first-order chi connectivity index (χ1) is 11.8. The molecule has 146 valence electrons. The summed E-state index contributed by atoms with van der Waals surface area (Å²) in [5.41, 5.74) is -2.15. The summed E-state index contributed by atoms with van der Waals surface area (Å²) in [5.74, 6) is 0.765. The minimum Gasteiger partial charge on any atom is -0.462 e. The molecule has 0 radical (unpaired) electrons. The number of rotatable bonds is 6. The van der Waals surface area contributed by atoms with Crippen molar-refractivity contribution in [3.05, 3.63) is 29.4 Å². The van der Waals surface area contributed by atoms with Crippen molar-refractivity contribution in [1.29, 1.82) is 0 Å². The van der Waals surface area contributed by atoms with E-state index in [0.29, 0.717) is 5.76 Å². The molecule has 1 aromatic heterocycles. The minimum atomic E-state index is -4.44. The molecule has 0 atom stereocenters. The molecule has 2 heterocycles. The van der Waals surface area contributed by atoms with Gasteiger partial charge in [0.15, 0.2) is 0 Å². The van der Waals surface area contributed by atoms with Crippen LogP contribution in [-0.2, 0) is 14.0 Å². The molecule has 2 rings (SSSR count). The van der Waals surface area contributed by atoms with Gasteiger partial charge in [-0.15, -0.1) is 0 Å². The maximum atomic E-state index is 15.1. The third-order valence-corrected chi connectivity index (χ3v) is 4.55. The molecule has 0 N–H and O–H groups in total. The molecule has 0 saturated carbocycles. The topological polar surface area (TPSA) is 40.8 Å². The largest absolute Gasteiger partial charge is 0.525 e. The van der Waals surface area contributed by atoms with Crippen LogP contribution in [0.4, 0.5) is 17.6 Å². The van der Waals surface area contributed by atoms with Crippen LogP contribution >= 0.6 is 0 Å². The maximum absolute atomic E-state index is 15.1. The molecule has 0 bridgehead atoms. The summed E-state index contributed by atoms with van der Waals surface area (Å²) in [6.45, 7) is 7.10. The van der Waals surface area contributed by atoms with Crippen molar-refractivity contribution in [2.75, 3.05) is 13.2 Å². The van der Waals surface area contributed by atoms with E-state index in [9.17, 15) is 13.2 Å². The zero-order chi connectivity index (χ0) is 19.8. The Balaban J connectivity index is 2.21. The van der Waals surface area contributed by atoms with Crippen LogP contribution in [0.2, 0.25) is 0 Å². The molecule has 1 aromatic rings. The van der Waals surface area contributed by atoms with Crippen molar-refractivity contribution in [2.24, 2.45) is 0 Å². The molecular formula is C17H23BF4O4. The highest BCUT2D eigenvalue weighted by Crippen LogP contribution is 2.40. The summed E-state index contributed by atoms with van der Waals surface area (Å²) < 4.78 is 73.1. The predicted molar refractivity (Wildman–Crippen MR) is 89.0 cm³/mol. The lowest BCUT2D eigenvalue weighted by Gasteiger charge is -2.32. The van der Waals surface area contributed by atoms with Crippen molar-refractivity contribution in [1.82, 2.24) is 0 Å². The molecule has 0 aromatic carbocycles. The number of ether oxygens (including phenoxy) is 1. The zero-order valence-corrected chi connectivity index (χ0v) is 15.5. The van der Waals surface area contributed by atoms with E-state index >= 15 is 4.39 Å². The Morgan fingerprint density at radius 2 is 1.69 bits per heavy atom. The fourth-order valence-corrected chi connectivity index (χ4v) is 2.41. The minimum absolute atomic E-state index is 0.0683. The van der Waals surface area contributed by atoms with E-state index in [0.717, 1.165) is 0 Å². The normalized spacial score (nSPS) is 20.4. The average molecular weight is 378 g/mol. The lowest BCUT2D eigenvalue weighted by molar-refractivity contribution is -0.173. The highest BCUT2D eigenvalue weighted by Gasteiger charge is 2.53.